The molecule has 2 aromatic rings. The van der Waals surface area contributed by atoms with Crippen molar-refractivity contribution in [1.82, 2.24) is 20.9 Å². The molecule has 1 aliphatic rings. The molecule has 10 nitrogen and oxygen atoms in total. The zero-order chi connectivity index (χ0) is 28.2. The molecule has 3 atom stereocenters. The molecule has 2 heterocycles. The Hall–Kier alpha value is -4.00. The molecule has 4 N–H and O–H groups in total. The van der Waals surface area contributed by atoms with Crippen molar-refractivity contribution in [3.63, 3.8) is 0 Å². The number of amides is 4. The quantitative estimate of drug-likeness (QED) is 0.369. The molecule has 4 amide bonds. The van der Waals surface area contributed by atoms with Crippen LogP contribution < -0.4 is 21.3 Å². The van der Waals surface area contributed by atoms with Gasteiger partial charge in [0, 0.05) is 36.4 Å². The highest BCUT2D eigenvalue weighted by Crippen LogP contribution is 2.29. The maximum Gasteiger partial charge on any atom is 0.417 e. The molecule has 1 fully saturated rings. The molecule has 1 aromatic carbocycles. The number of likely N-dealkylation sites (N-methyl/N-ethyl adjacent to an activating group) is 1. The molecule has 0 saturated carbocycles. The van der Waals surface area contributed by atoms with E-state index >= 15 is 0 Å². The van der Waals surface area contributed by atoms with Crippen LogP contribution in [0.2, 0.25) is 5.02 Å². The SMILES string of the molecule is CNC(=O)C(=O)[C@H](C[C@@H]1C[C@@H](C)NC1=O)NC(=O)c1cc(Cl)ccc1NC(=O)c1cncc(C(F)(F)F)c1. The summed E-state index contributed by atoms with van der Waals surface area (Å²) in [5.74, 6) is -4.86. The van der Waals surface area contributed by atoms with Crippen LogP contribution >= 0.6 is 11.6 Å². The molecule has 202 valence electrons. The molecule has 0 unspecified atom stereocenters. The lowest BCUT2D eigenvalue weighted by Gasteiger charge is -2.20. The molecule has 0 bridgehead atoms. The first kappa shape index (κ1) is 28.6. The van der Waals surface area contributed by atoms with E-state index < -0.39 is 52.8 Å². The summed E-state index contributed by atoms with van der Waals surface area (Å²) in [6.07, 6.45) is -3.02. The highest BCUT2D eigenvalue weighted by molar-refractivity contribution is 6.38. The number of alkyl halides is 3. The maximum atomic E-state index is 13.2. The van der Waals surface area contributed by atoms with E-state index in [9.17, 15) is 37.1 Å². The second-order valence-electron chi connectivity index (χ2n) is 8.65. The Bertz CT molecular complexity index is 1290. The fourth-order valence-electron chi connectivity index (χ4n) is 3.92. The zero-order valence-electron chi connectivity index (χ0n) is 20.1. The lowest BCUT2D eigenvalue weighted by atomic mass is 9.93. The number of aromatic nitrogens is 1. The van der Waals surface area contributed by atoms with E-state index in [0.29, 0.717) is 18.7 Å². The molecule has 3 rings (SSSR count). The van der Waals surface area contributed by atoms with Gasteiger partial charge in [-0.15, -0.1) is 0 Å². The molecular weight excluding hydrogens is 531 g/mol. The number of carbonyl (C=O) groups is 5. The van der Waals surface area contributed by atoms with Crippen LogP contribution in [0.4, 0.5) is 18.9 Å². The first-order chi connectivity index (χ1) is 17.8. The summed E-state index contributed by atoms with van der Waals surface area (Å²) in [6.45, 7) is 1.77. The predicted octanol–water partition coefficient (Wildman–Crippen LogP) is 2.33. The van der Waals surface area contributed by atoms with Crippen molar-refractivity contribution in [2.45, 2.75) is 38.0 Å². The van der Waals surface area contributed by atoms with Crippen LogP contribution in [0.15, 0.2) is 36.7 Å². The number of rotatable bonds is 8. The van der Waals surface area contributed by atoms with E-state index in [4.69, 9.17) is 11.6 Å². The number of anilines is 1. The summed E-state index contributed by atoms with van der Waals surface area (Å²) >= 11 is 6.02. The standard InChI is InChI=1S/C24H23ClF3N5O5/c1-11-5-12(20(35)31-11)7-18(19(34)23(38)29-2)33-22(37)16-8-15(25)3-4-17(16)32-21(36)13-6-14(10-30-9-13)24(26,27)28/h3-4,6,8-12,18H,5,7H2,1-2H3,(H,29,38)(H,31,35)(H,32,36)(H,33,37)/t11-,12+,18+/m1/s1. The van der Waals surface area contributed by atoms with Gasteiger partial charge >= 0.3 is 6.18 Å². The number of nitrogens with one attached hydrogen (secondary N) is 4. The molecule has 1 saturated heterocycles. The second-order valence-corrected chi connectivity index (χ2v) is 9.09. The Morgan fingerprint density at radius 3 is 2.47 bits per heavy atom. The normalized spacial score (nSPS) is 17.8. The fraction of sp³-hybridized carbons (Fsp3) is 0.333. The van der Waals surface area contributed by atoms with Gasteiger partial charge in [0.15, 0.2) is 0 Å². The second kappa shape index (κ2) is 11.6. The average Bonchev–Trinajstić information content (AvgIpc) is 3.19. The summed E-state index contributed by atoms with van der Waals surface area (Å²) < 4.78 is 39.0. The smallest absolute Gasteiger partial charge is 0.353 e. The average molecular weight is 554 g/mol. The van der Waals surface area contributed by atoms with Crippen molar-refractivity contribution in [3.8, 4) is 0 Å². The largest absolute Gasteiger partial charge is 0.417 e. The van der Waals surface area contributed by atoms with Gasteiger partial charge < -0.3 is 21.3 Å². The first-order valence-electron chi connectivity index (χ1n) is 11.3. The lowest BCUT2D eigenvalue weighted by molar-refractivity contribution is -0.139. The number of ketones is 1. The Kier molecular flexibility index (Phi) is 8.71. The third-order valence-corrected chi connectivity index (χ3v) is 6.03. The zero-order valence-corrected chi connectivity index (χ0v) is 20.9. The minimum Gasteiger partial charge on any atom is -0.353 e. The predicted molar refractivity (Wildman–Crippen MR) is 129 cm³/mol. The lowest BCUT2D eigenvalue weighted by Crippen LogP contribution is -2.48. The van der Waals surface area contributed by atoms with Gasteiger partial charge in [-0.1, -0.05) is 11.6 Å². The minimum absolute atomic E-state index is 0.0760. The summed E-state index contributed by atoms with van der Waals surface area (Å²) in [7, 11) is 1.23. The summed E-state index contributed by atoms with van der Waals surface area (Å²) in [6, 6.07) is 2.80. The number of benzene rings is 1. The first-order valence-corrected chi connectivity index (χ1v) is 11.7. The monoisotopic (exact) mass is 553 g/mol. The van der Waals surface area contributed by atoms with Crippen LogP contribution in [0.25, 0.3) is 0 Å². The third-order valence-electron chi connectivity index (χ3n) is 5.79. The van der Waals surface area contributed by atoms with Gasteiger partial charge in [0.25, 0.3) is 17.7 Å². The number of hydrogen-bond acceptors (Lipinski definition) is 6. The number of hydrogen-bond donors (Lipinski definition) is 4. The van der Waals surface area contributed by atoms with E-state index in [0.717, 1.165) is 6.20 Å². The molecule has 0 spiro atoms. The number of carbonyl (C=O) groups excluding carboxylic acids is 5. The van der Waals surface area contributed by atoms with Crippen molar-refractivity contribution in [3.05, 3.63) is 58.4 Å². The number of nitrogens with zero attached hydrogens (tertiary/aromatic N) is 1. The van der Waals surface area contributed by atoms with Gasteiger partial charge in [0.05, 0.1) is 28.4 Å². The molecule has 38 heavy (non-hydrogen) atoms. The summed E-state index contributed by atoms with van der Waals surface area (Å²) in [5, 5.41) is 9.72. The van der Waals surface area contributed by atoms with Gasteiger partial charge in [0.1, 0.15) is 0 Å². The van der Waals surface area contributed by atoms with Crippen LogP contribution in [0.3, 0.4) is 0 Å². The topological polar surface area (TPSA) is 146 Å². The molecule has 1 aromatic heterocycles. The molecule has 1 aliphatic heterocycles. The Morgan fingerprint density at radius 2 is 1.87 bits per heavy atom. The van der Waals surface area contributed by atoms with Crippen molar-refractivity contribution in [2.24, 2.45) is 5.92 Å². The van der Waals surface area contributed by atoms with E-state index in [-0.39, 0.29) is 34.6 Å². The van der Waals surface area contributed by atoms with Crippen LogP contribution in [0.5, 0.6) is 0 Å². The number of halogens is 4. The third kappa shape index (κ3) is 6.85. The Labute approximate surface area is 219 Å². The molecule has 0 radical (unpaired) electrons. The van der Waals surface area contributed by atoms with Crippen LogP contribution in [0.1, 0.15) is 46.0 Å². The van der Waals surface area contributed by atoms with E-state index in [1.807, 2.05) is 0 Å². The summed E-state index contributed by atoms with van der Waals surface area (Å²) in [4.78, 5) is 66.2. The van der Waals surface area contributed by atoms with Crippen molar-refractivity contribution in [1.29, 1.82) is 0 Å². The van der Waals surface area contributed by atoms with Gasteiger partial charge in [-0.25, -0.2) is 0 Å². The summed E-state index contributed by atoms with van der Waals surface area (Å²) in [5.41, 5.74) is -1.92. The van der Waals surface area contributed by atoms with E-state index in [2.05, 4.69) is 26.3 Å². The van der Waals surface area contributed by atoms with Gasteiger partial charge in [-0.2, -0.15) is 13.2 Å². The van der Waals surface area contributed by atoms with Crippen molar-refractivity contribution in [2.75, 3.05) is 12.4 Å². The molecule has 0 aliphatic carbocycles. The maximum absolute atomic E-state index is 13.2. The molecule has 14 heteroatoms. The number of pyridine rings is 1. The Balaban J connectivity index is 1.86. The van der Waals surface area contributed by atoms with Crippen LogP contribution in [-0.2, 0) is 20.6 Å². The van der Waals surface area contributed by atoms with Gasteiger partial charge in [-0.3, -0.25) is 29.0 Å². The number of Topliss-reactive ketones (excluding diaryl/α,β-unsaturated/α-hetero) is 1. The highest BCUT2D eigenvalue weighted by atomic mass is 35.5. The minimum atomic E-state index is -4.73. The van der Waals surface area contributed by atoms with Crippen molar-refractivity contribution >= 4 is 46.7 Å². The van der Waals surface area contributed by atoms with Gasteiger partial charge in [0.2, 0.25) is 11.7 Å². The molecular formula is C24H23ClF3N5O5. The van der Waals surface area contributed by atoms with Gasteiger partial charge in [-0.05, 0) is 44.0 Å². The van der Waals surface area contributed by atoms with E-state index in [1.54, 1.807) is 6.92 Å². The fourth-order valence-corrected chi connectivity index (χ4v) is 4.09. The highest BCUT2D eigenvalue weighted by Gasteiger charge is 2.36. The van der Waals surface area contributed by atoms with Crippen LogP contribution in [-0.4, -0.2) is 53.5 Å². The van der Waals surface area contributed by atoms with Crippen LogP contribution in [0, 0.1) is 5.92 Å². The van der Waals surface area contributed by atoms with E-state index in [1.165, 1.54) is 25.2 Å². The Morgan fingerprint density at radius 1 is 1.16 bits per heavy atom. The van der Waals surface area contributed by atoms with Crippen molar-refractivity contribution < 1.29 is 37.1 Å².